The average molecular weight is 204 g/mol. The molecular formula is C13H20N2. The van der Waals surface area contributed by atoms with Crippen LogP contribution in [0.25, 0.3) is 0 Å². The summed E-state index contributed by atoms with van der Waals surface area (Å²) in [5.74, 6) is 0.691. The van der Waals surface area contributed by atoms with Crippen LogP contribution >= 0.6 is 0 Å². The molecule has 0 amide bonds. The van der Waals surface area contributed by atoms with E-state index in [9.17, 15) is 0 Å². The van der Waals surface area contributed by atoms with Gasteiger partial charge >= 0.3 is 0 Å². The third kappa shape index (κ3) is 2.32. The van der Waals surface area contributed by atoms with Crippen molar-refractivity contribution in [1.29, 1.82) is 0 Å². The van der Waals surface area contributed by atoms with Crippen molar-refractivity contribution in [3.63, 3.8) is 0 Å². The number of hydrogen-bond acceptors (Lipinski definition) is 2. The molecule has 0 saturated heterocycles. The van der Waals surface area contributed by atoms with Gasteiger partial charge in [0.2, 0.25) is 0 Å². The van der Waals surface area contributed by atoms with Gasteiger partial charge in [-0.05, 0) is 42.9 Å². The third-order valence-corrected chi connectivity index (χ3v) is 3.35. The van der Waals surface area contributed by atoms with Gasteiger partial charge in [-0.3, -0.25) is 0 Å². The molecule has 0 spiro atoms. The smallest absolute Gasteiger partial charge is 0.0361 e. The van der Waals surface area contributed by atoms with Crippen LogP contribution in [0.4, 0.5) is 5.69 Å². The predicted molar refractivity (Wildman–Crippen MR) is 65.3 cm³/mol. The second-order valence-corrected chi connectivity index (χ2v) is 4.76. The lowest BCUT2D eigenvalue weighted by molar-refractivity contribution is 0.674. The van der Waals surface area contributed by atoms with Gasteiger partial charge in [-0.1, -0.05) is 12.1 Å². The quantitative estimate of drug-likeness (QED) is 0.801. The maximum atomic E-state index is 5.93. The number of anilines is 1. The van der Waals surface area contributed by atoms with E-state index >= 15 is 0 Å². The fraction of sp³-hybridized carbons (Fsp3) is 0.538. The van der Waals surface area contributed by atoms with Gasteiger partial charge in [-0.15, -0.1) is 0 Å². The van der Waals surface area contributed by atoms with Crippen LogP contribution in [0.15, 0.2) is 24.3 Å². The summed E-state index contributed by atoms with van der Waals surface area (Å²) in [7, 11) is 4.14. The molecule has 1 fully saturated rings. The first-order valence-electron chi connectivity index (χ1n) is 5.69. The van der Waals surface area contributed by atoms with Crippen molar-refractivity contribution < 1.29 is 0 Å². The summed E-state index contributed by atoms with van der Waals surface area (Å²) in [5, 5.41) is 0. The summed E-state index contributed by atoms with van der Waals surface area (Å²) < 4.78 is 0. The van der Waals surface area contributed by atoms with Gasteiger partial charge in [0.05, 0.1) is 0 Å². The highest BCUT2D eigenvalue weighted by Crippen LogP contribution is 2.34. The molecule has 1 aliphatic carbocycles. The van der Waals surface area contributed by atoms with Gasteiger partial charge < -0.3 is 10.6 Å². The first-order chi connectivity index (χ1) is 7.16. The van der Waals surface area contributed by atoms with Crippen LogP contribution in [-0.2, 0) is 0 Å². The van der Waals surface area contributed by atoms with Crippen LogP contribution < -0.4 is 10.6 Å². The van der Waals surface area contributed by atoms with Gasteiger partial charge in [0.1, 0.15) is 0 Å². The van der Waals surface area contributed by atoms with E-state index in [-0.39, 0.29) is 0 Å². The number of benzene rings is 1. The SMILES string of the molecule is CN(C)c1ccc(C2CCC(N)C2)cc1. The van der Waals surface area contributed by atoms with Crippen molar-refractivity contribution in [1.82, 2.24) is 0 Å². The Morgan fingerprint density at radius 3 is 2.27 bits per heavy atom. The minimum atomic E-state index is 0.420. The van der Waals surface area contributed by atoms with Gasteiger partial charge in [0.25, 0.3) is 0 Å². The lowest BCUT2D eigenvalue weighted by Gasteiger charge is -2.15. The molecule has 0 bridgehead atoms. The average Bonchev–Trinajstić information content (AvgIpc) is 2.65. The van der Waals surface area contributed by atoms with Crippen molar-refractivity contribution in [3.05, 3.63) is 29.8 Å². The summed E-state index contributed by atoms with van der Waals surface area (Å²) in [4.78, 5) is 2.13. The predicted octanol–water partition coefficient (Wildman–Crippen LogP) is 2.35. The molecule has 0 aliphatic heterocycles. The number of nitrogens with two attached hydrogens (primary N) is 1. The van der Waals surface area contributed by atoms with Gasteiger partial charge in [0, 0.05) is 25.8 Å². The molecule has 0 aromatic heterocycles. The maximum Gasteiger partial charge on any atom is 0.0361 e. The Hall–Kier alpha value is -1.02. The van der Waals surface area contributed by atoms with Crippen molar-refractivity contribution >= 4 is 5.69 Å². The van der Waals surface area contributed by atoms with Crippen LogP contribution in [-0.4, -0.2) is 20.1 Å². The second kappa shape index (κ2) is 4.23. The standard InChI is InChI=1S/C13H20N2/c1-15(2)13-7-4-10(5-8-13)11-3-6-12(14)9-11/h4-5,7-8,11-12H,3,6,9,14H2,1-2H3. The molecule has 1 saturated carbocycles. The van der Waals surface area contributed by atoms with Crippen LogP contribution in [0.5, 0.6) is 0 Å². The molecule has 2 heteroatoms. The Bertz CT molecular complexity index is 316. The fourth-order valence-electron chi connectivity index (χ4n) is 2.36. The second-order valence-electron chi connectivity index (χ2n) is 4.76. The number of hydrogen-bond donors (Lipinski definition) is 1. The van der Waals surface area contributed by atoms with Crippen LogP contribution in [0.2, 0.25) is 0 Å². The molecule has 2 rings (SSSR count). The topological polar surface area (TPSA) is 29.3 Å². The molecule has 2 N–H and O–H groups in total. The summed E-state index contributed by atoms with van der Waals surface area (Å²) >= 11 is 0. The largest absolute Gasteiger partial charge is 0.378 e. The lowest BCUT2D eigenvalue weighted by Crippen LogP contribution is -2.14. The molecule has 1 aromatic rings. The Morgan fingerprint density at radius 2 is 1.80 bits per heavy atom. The van der Waals surface area contributed by atoms with Gasteiger partial charge in [0.15, 0.2) is 0 Å². The summed E-state index contributed by atoms with van der Waals surface area (Å²) in [6.45, 7) is 0. The molecule has 2 atom stereocenters. The van der Waals surface area contributed by atoms with E-state index in [1.807, 2.05) is 0 Å². The molecular weight excluding hydrogens is 184 g/mol. The first-order valence-corrected chi connectivity index (χ1v) is 5.69. The lowest BCUT2D eigenvalue weighted by atomic mass is 9.97. The highest BCUT2D eigenvalue weighted by atomic mass is 15.1. The van der Waals surface area contributed by atoms with E-state index in [0.717, 1.165) is 6.42 Å². The molecule has 2 nitrogen and oxygen atoms in total. The molecule has 0 heterocycles. The monoisotopic (exact) mass is 204 g/mol. The summed E-state index contributed by atoms with van der Waals surface area (Å²) in [6, 6.07) is 9.30. The van der Waals surface area contributed by atoms with Crippen LogP contribution in [0.1, 0.15) is 30.7 Å². The first kappa shape index (κ1) is 10.5. The highest BCUT2D eigenvalue weighted by Gasteiger charge is 2.22. The van der Waals surface area contributed by atoms with Crippen molar-refractivity contribution in [2.24, 2.45) is 5.73 Å². The third-order valence-electron chi connectivity index (χ3n) is 3.35. The molecule has 0 radical (unpaired) electrons. The zero-order valence-electron chi connectivity index (χ0n) is 9.61. The van der Waals surface area contributed by atoms with Crippen LogP contribution in [0.3, 0.4) is 0 Å². The Balaban J connectivity index is 2.10. The minimum Gasteiger partial charge on any atom is -0.378 e. The van der Waals surface area contributed by atoms with E-state index in [0.29, 0.717) is 12.0 Å². The van der Waals surface area contributed by atoms with E-state index in [2.05, 4.69) is 43.3 Å². The zero-order valence-corrected chi connectivity index (χ0v) is 9.61. The fourth-order valence-corrected chi connectivity index (χ4v) is 2.36. The van der Waals surface area contributed by atoms with Gasteiger partial charge in [-0.25, -0.2) is 0 Å². The zero-order chi connectivity index (χ0) is 10.8. The Labute approximate surface area is 92.1 Å². The maximum absolute atomic E-state index is 5.93. The minimum absolute atomic E-state index is 0.420. The van der Waals surface area contributed by atoms with Gasteiger partial charge in [-0.2, -0.15) is 0 Å². The molecule has 82 valence electrons. The van der Waals surface area contributed by atoms with E-state index in [4.69, 9.17) is 5.73 Å². The summed E-state index contributed by atoms with van der Waals surface area (Å²) in [6.07, 6.45) is 3.59. The summed E-state index contributed by atoms with van der Waals surface area (Å²) in [5.41, 5.74) is 8.65. The molecule has 1 aromatic carbocycles. The van der Waals surface area contributed by atoms with E-state index in [1.54, 1.807) is 0 Å². The highest BCUT2D eigenvalue weighted by molar-refractivity contribution is 5.46. The van der Waals surface area contributed by atoms with Crippen LogP contribution in [0, 0.1) is 0 Å². The number of nitrogens with zero attached hydrogens (tertiary/aromatic N) is 1. The van der Waals surface area contributed by atoms with Crippen molar-refractivity contribution in [2.45, 2.75) is 31.2 Å². The Morgan fingerprint density at radius 1 is 1.13 bits per heavy atom. The molecule has 15 heavy (non-hydrogen) atoms. The molecule has 1 aliphatic rings. The van der Waals surface area contributed by atoms with Crippen molar-refractivity contribution in [2.75, 3.05) is 19.0 Å². The van der Waals surface area contributed by atoms with E-state index in [1.165, 1.54) is 24.1 Å². The normalized spacial score (nSPS) is 25.5. The Kier molecular flexibility index (Phi) is 2.96. The van der Waals surface area contributed by atoms with Crippen molar-refractivity contribution in [3.8, 4) is 0 Å². The van der Waals surface area contributed by atoms with E-state index < -0.39 is 0 Å². The molecule has 2 unspecified atom stereocenters. The number of rotatable bonds is 2.